The van der Waals surface area contributed by atoms with Gasteiger partial charge >= 0.3 is 0 Å². The minimum Gasteiger partial charge on any atom is -0.506 e. The van der Waals surface area contributed by atoms with E-state index in [0.717, 1.165) is 19.6 Å². The fourth-order valence-electron chi connectivity index (χ4n) is 6.47. The molecule has 0 bridgehead atoms. The van der Waals surface area contributed by atoms with Crippen LogP contribution >= 0.6 is 47.0 Å². The molecule has 4 aliphatic rings. The number of hydrogen-bond acceptors (Lipinski definition) is 6. The highest BCUT2D eigenvalue weighted by atomic mass is 32.2. The van der Waals surface area contributed by atoms with Crippen LogP contribution in [-0.2, 0) is 0 Å². The lowest BCUT2D eigenvalue weighted by atomic mass is 10.0. The number of phenols is 2. The zero-order chi connectivity index (χ0) is 24.7. The Morgan fingerprint density at radius 2 is 0.528 bits per heavy atom. The first-order valence-corrected chi connectivity index (χ1v) is 18.5. The molecule has 36 heavy (non-hydrogen) atoms. The number of rotatable bonds is 8. The zero-order valence-corrected chi connectivity index (χ0v) is 25.2. The molecule has 0 amide bonds. The van der Waals surface area contributed by atoms with Crippen LogP contribution in [0.4, 0.5) is 0 Å². The van der Waals surface area contributed by atoms with Crippen molar-refractivity contribution in [3.05, 3.63) is 0 Å². The van der Waals surface area contributed by atoms with E-state index in [0.29, 0.717) is 32.5 Å². The molecule has 5 rings (SSSR count). The molecule has 0 aliphatic heterocycles. The number of thioether (sulfide) groups is 4. The maximum absolute atomic E-state index is 12.0. The quantitative estimate of drug-likeness (QED) is 0.305. The molecular formula is C30H46O2S4. The van der Waals surface area contributed by atoms with E-state index >= 15 is 0 Å². The number of hydrogen-bond donors (Lipinski definition) is 2. The normalized spacial score (nSPS) is 23.8. The summed E-state index contributed by atoms with van der Waals surface area (Å²) in [5.41, 5.74) is 0. The summed E-state index contributed by atoms with van der Waals surface area (Å²) >= 11 is 7.59. The Kier molecular flexibility index (Phi) is 10.8. The molecule has 4 saturated carbocycles. The standard InChI is InChI=1S/C30H46O2S4/c31-25-27(33-21-13-5-1-6-14-21)28(34-22-15-7-2-8-16-22)26(32)30(36-24-19-11-4-12-20-24)29(25)35-23-17-9-3-10-18-23/h21-24,31-32H,1-20H2. The molecule has 202 valence electrons. The molecule has 0 unspecified atom stereocenters. The molecule has 0 aromatic heterocycles. The van der Waals surface area contributed by atoms with Crippen molar-refractivity contribution in [3.63, 3.8) is 0 Å². The first-order valence-electron chi connectivity index (χ1n) is 15.0. The van der Waals surface area contributed by atoms with Gasteiger partial charge in [0.2, 0.25) is 0 Å². The molecule has 2 nitrogen and oxygen atoms in total. The molecule has 4 fully saturated rings. The van der Waals surface area contributed by atoms with Crippen molar-refractivity contribution in [1.82, 2.24) is 0 Å². The molecule has 0 spiro atoms. The van der Waals surface area contributed by atoms with Gasteiger partial charge in [-0.1, -0.05) is 77.0 Å². The van der Waals surface area contributed by atoms with Gasteiger partial charge in [0, 0.05) is 21.0 Å². The van der Waals surface area contributed by atoms with Crippen LogP contribution in [0.2, 0.25) is 0 Å². The van der Waals surface area contributed by atoms with Crippen molar-refractivity contribution in [3.8, 4) is 11.5 Å². The Morgan fingerprint density at radius 3 is 0.722 bits per heavy atom. The number of phenolic OH excluding ortho intramolecular Hbond substituents is 2. The average molecular weight is 567 g/mol. The molecule has 1 aromatic rings. The van der Waals surface area contributed by atoms with E-state index in [1.807, 2.05) is 47.0 Å². The monoisotopic (exact) mass is 566 g/mol. The van der Waals surface area contributed by atoms with Crippen LogP contribution in [0.5, 0.6) is 11.5 Å². The van der Waals surface area contributed by atoms with Gasteiger partial charge < -0.3 is 10.2 Å². The van der Waals surface area contributed by atoms with Gasteiger partial charge in [-0.15, -0.1) is 47.0 Å². The first kappa shape index (κ1) is 27.8. The van der Waals surface area contributed by atoms with Gasteiger partial charge in [0.1, 0.15) is 11.5 Å². The molecule has 0 saturated heterocycles. The van der Waals surface area contributed by atoms with Crippen molar-refractivity contribution in [1.29, 1.82) is 0 Å². The SMILES string of the molecule is Oc1c(SC2CCCCC2)c(SC2CCCCC2)c(O)c(SC2CCCCC2)c1SC1CCCCC1. The van der Waals surface area contributed by atoms with E-state index in [1.54, 1.807) is 0 Å². The summed E-state index contributed by atoms with van der Waals surface area (Å²) in [6, 6.07) is 0. The predicted molar refractivity (Wildman–Crippen MR) is 161 cm³/mol. The lowest BCUT2D eigenvalue weighted by Gasteiger charge is -2.30. The highest BCUT2D eigenvalue weighted by Gasteiger charge is 2.32. The summed E-state index contributed by atoms with van der Waals surface area (Å²) in [6.45, 7) is 0. The lowest BCUT2D eigenvalue weighted by molar-refractivity contribution is 0.407. The number of benzene rings is 1. The third-order valence-corrected chi connectivity index (χ3v) is 14.6. The van der Waals surface area contributed by atoms with E-state index in [2.05, 4.69) is 0 Å². The second-order valence-corrected chi connectivity index (χ2v) is 16.8. The zero-order valence-electron chi connectivity index (χ0n) is 22.0. The summed E-state index contributed by atoms with van der Waals surface area (Å²) in [5, 5.41) is 26.3. The first-order chi connectivity index (χ1) is 17.7. The molecular weight excluding hydrogens is 521 g/mol. The minimum absolute atomic E-state index is 0.510. The van der Waals surface area contributed by atoms with Crippen molar-refractivity contribution >= 4 is 47.0 Å². The van der Waals surface area contributed by atoms with E-state index in [4.69, 9.17) is 0 Å². The Balaban J connectivity index is 1.52. The maximum atomic E-state index is 12.0. The highest BCUT2D eigenvalue weighted by Crippen LogP contribution is 2.59. The third kappa shape index (κ3) is 7.24. The second-order valence-electron chi connectivity index (χ2n) is 11.5. The summed E-state index contributed by atoms with van der Waals surface area (Å²) in [7, 11) is 0. The van der Waals surface area contributed by atoms with Crippen LogP contribution in [0.15, 0.2) is 19.6 Å². The van der Waals surface area contributed by atoms with Gasteiger partial charge in [-0.2, -0.15) is 0 Å². The van der Waals surface area contributed by atoms with Gasteiger partial charge in [-0.3, -0.25) is 0 Å². The van der Waals surface area contributed by atoms with Crippen molar-refractivity contribution in [2.45, 2.75) is 169 Å². The average Bonchev–Trinajstić information content (AvgIpc) is 2.93. The highest BCUT2D eigenvalue weighted by molar-refractivity contribution is 8.04. The van der Waals surface area contributed by atoms with Crippen LogP contribution in [0, 0.1) is 0 Å². The third-order valence-electron chi connectivity index (χ3n) is 8.62. The molecule has 0 atom stereocenters. The van der Waals surface area contributed by atoms with Gasteiger partial charge in [0.15, 0.2) is 0 Å². The van der Waals surface area contributed by atoms with E-state index in [9.17, 15) is 10.2 Å². The van der Waals surface area contributed by atoms with E-state index < -0.39 is 0 Å². The summed E-state index contributed by atoms with van der Waals surface area (Å²) in [6.07, 6.45) is 25.7. The van der Waals surface area contributed by atoms with Crippen LogP contribution in [0.25, 0.3) is 0 Å². The van der Waals surface area contributed by atoms with Crippen LogP contribution < -0.4 is 0 Å². The van der Waals surface area contributed by atoms with Crippen LogP contribution in [0.3, 0.4) is 0 Å². The van der Waals surface area contributed by atoms with Crippen molar-refractivity contribution in [2.24, 2.45) is 0 Å². The van der Waals surface area contributed by atoms with E-state index in [-0.39, 0.29) is 0 Å². The fourth-order valence-corrected chi connectivity index (χ4v) is 12.5. The lowest BCUT2D eigenvalue weighted by Crippen LogP contribution is -2.12. The minimum atomic E-state index is 0.510. The molecule has 4 aliphatic carbocycles. The topological polar surface area (TPSA) is 40.5 Å². The van der Waals surface area contributed by atoms with Gasteiger partial charge in [0.05, 0.1) is 19.6 Å². The summed E-state index contributed by atoms with van der Waals surface area (Å²) in [4.78, 5) is 4.06. The number of aromatic hydroxyl groups is 2. The second kappa shape index (κ2) is 14.0. The van der Waals surface area contributed by atoms with Crippen molar-refractivity contribution < 1.29 is 10.2 Å². The summed E-state index contributed by atoms with van der Waals surface area (Å²) in [5.74, 6) is 1.02. The largest absolute Gasteiger partial charge is 0.506 e. The molecule has 6 heteroatoms. The maximum Gasteiger partial charge on any atom is 0.145 e. The van der Waals surface area contributed by atoms with Gasteiger partial charge in [0.25, 0.3) is 0 Å². The predicted octanol–water partition coefficient (Wildman–Crippen LogP) is 10.8. The Labute approximate surface area is 236 Å². The summed E-state index contributed by atoms with van der Waals surface area (Å²) < 4.78 is 0. The molecule has 0 heterocycles. The van der Waals surface area contributed by atoms with Gasteiger partial charge in [-0.05, 0) is 51.4 Å². The van der Waals surface area contributed by atoms with Crippen molar-refractivity contribution in [2.75, 3.05) is 0 Å². The van der Waals surface area contributed by atoms with Crippen LogP contribution in [-0.4, -0.2) is 31.2 Å². The molecule has 0 radical (unpaired) electrons. The molecule has 2 N–H and O–H groups in total. The van der Waals surface area contributed by atoms with Gasteiger partial charge in [-0.25, -0.2) is 0 Å². The van der Waals surface area contributed by atoms with Crippen LogP contribution in [0.1, 0.15) is 128 Å². The Hall–Kier alpha value is 0.220. The Bertz CT molecular complexity index is 702. The molecule has 1 aromatic carbocycles. The fraction of sp³-hybridized carbons (Fsp3) is 0.800. The smallest absolute Gasteiger partial charge is 0.145 e. The van der Waals surface area contributed by atoms with E-state index in [1.165, 1.54) is 128 Å². The Morgan fingerprint density at radius 1 is 0.333 bits per heavy atom.